The number of pyridine rings is 1. The van der Waals surface area contributed by atoms with E-state index in [1.54, 1.807) is 24.5 Å². The van der Waals surface area contributed by atoms with Crippen LogP contribution in [-0.2, 0) is 6.54 Å². The van der Waals surface area contributed by atoms with Crippen LogP contribution in [0.5, 0.6) is 11.5 Å². The highest BCUT2D eigenvalue weighted by Crippen LogP contribution is 2.39. The van der Waals surface area contributed by atoms with Gasteiger partial charge in [-0.15, -0.1) is 0 Å². The van der Waals surface area contributed by atoms with Crippen LogP contribution >= 0.6 is 11.6 Å². The summed E-state index contributed by atoms with van der Waals surface area (Å²) in [5.41, 5.74) is 3.48. The van der Waals surface area contributed by atoms with E-state index in [9.17, 15) is 4.79 Å². The van der Waals surface area contributed by atoms with Crippen LogP contribution in [0, 0.1) is 5.92 Å². The van der Waals surface area contributed by atoms with Gasteiger partial charge in [-0.05, 0) is 74.0 Å². The molecule has 1 amide bonds. The second kappa shape index (κ2) is 10.7. The third kappa shape index (κ3) is 5.60. The minimum atomic E-state index is -0.0598. The second-order valence-electron chi connectivity index (χ2n) is 9.37. The third-order valence-electron chi connectivity index (χ3n) is 6.65. The molecule has 2 aliphatic rings. The maximum Gasteiger partial charge on any atom is 0.255 e. The van der Waals surface area contributed by atoms with Gasteiger partial charge in [0.1, 0.15) is 6.61 Å². The van der Waals surface area contributed by atoms with E-state index >= 15 is 0 Å². The summed E-state index contributed by atoms with van der Waals surface area (Å²) < 4.78 is 12.6. The maximum absolute atomic E-state index is 13.2. The minimum Gasteiger partial charge on any atom is -0.489 e. The molecule has 1 fully saturated rings. The van der Waals surface area contributed by atoms with Gasteiger partial charge in [-0.1, -0.05) is 23.7 Å². The Morgan fingerprint density at radius 2 is 2.09 bits per heavy atom. The summed E-state index contributed by atoms with van der Waals surface area (Å²) in [5, 5.41) is 0.676. The number of fused-ring (bicyclic) bond motifs is 1. The number of amides is 1. The summed E-state index contributed by atoms with van der Waals surface area (Å²) in [6.45, 7) is 4.13. The first-order valence-corrected chi connectivity index (χ1v) is 12.5. The van der Waals surface area contributed by atoms with Crippen molar-refractivity contribution in [3.8, 4) is 22.6 Å². The molecule has 0 N–H and O–H groups in total. The fraction of sp³-hybridized carbons (Fsp3) is 0.357. The molecule has 1 aromatic heterocycles. The highest BCUT2D eigenvalue weighted by atomic mass is 35.5. The van der Waals surface area contributed by atoms with E-state index in [4.69, 9.17) is 21.1 Å². The standard InChI is InChI=1S/C28H30ClN3O3/c1-31-10-4-5-20(17-31)19-35-26-15-23(21-6-2-8-25(29)14-21)13-24-18-32(11-12-34-27(24)26)28(33)22-7-3-9-30-16-22/h2-3,6-9,13-16,20H,4-5,10-12,17-19H2,1H3/t20-/m0/s1. The molecule has 0 saturated carbocycles. The summed E-state index contributed by atoms with van der Waals surface area (Å²) in [7, 11) is 2.16. The van der Waals surface area contributed by atoms with Crippen molar-refractivity contribution in [3.63, 3.8) is 0 Å². The van der Waals surface area contributed by atoms with E-state index in [2.05, 4.69) is 23.0 Å². The number of hydrogen-bond acceptors (Lipinski definition) is 5. The number of benzene rings is 2. The zero-order valence-electron chi connectivity index (χ0n) is 20.0. The van der Waals surface area contributed by atoms with Gasteiger partial charge in [-0.3, -0.25) is 9.78 Å². The Morgan fingerprint density at radius 3 is 2.89 bits per heavy atom. The molecule has 3 heterocycles. The molecular weight excluding hydrogens is 462 g/mol. The van der Waals surface area contributed by atoms with Gasteiger partial charge in [-0.2, -0.15) is 0 Å². The number of carbonyl (C=O) groups is 1. The number of likely N-dealkylation sites (tertiary alicyclic amines) is 1. The Hall–Kier alpha value is -3.09. The quantitative estimate of drug-likeness (QED) is 0.493. The summed E-state index contributed by atoms with van der Waals surface area (Å²) in [4.78, 5) is 21.5. The van der Waals surface area contributed by atoms with Gasteiger partial charge in [0.05, 0.1) is 18.7 Å². The lowest BCUT2D eigenvalue weighted by Gasteiger charge is -2.29. The summed E-state index contributed by atoms with van der Waals surface area (Å²) in [6, 6.07) is 15.5. The first-order valence-electron chi connectivity index (χ1n) is 12.1. The number of halogens is 1. The van der Waals surface area contributed by atoms with E-state index in [0.717, 1.165) is 47.7 Å². The molecule has 35 heavy (non-hydrogen) atoms. The Labute approximate surface area is 211 Å². The number of aromatic nitrogens is 1. The highest BCUT2D eigenvalue weighted by Gasteiger charge is 2.26. The molecule has 182 valence electrons. The highest BCUT2D eigenvalue weighted by molar-refractivity contribution is 6.30. The molecule has 1 atom stereocenters. The molecule has 2 aromatic carbocycles. The van der Waals surface area contributed by atoms with Crippen LogP contribution in [0.15, 0.2) is 60.9 Å². The summed E-state index contributed by atoms with van der Waals surface area (Å²) in [6.07, 6.45) is 5.62. The molecule has 1 saturated heterocycles. The second-order valence-corrected chi connectivity index (χ2v) is 9.81. The molecule has 0 unspecified atom stereocenters. The van der Waals surface area contributed by atoms with Crippen LogP contribution in [0.25, 0.3) is 11.1 Å². The minimum absolute atomic E-state index is 0.0598. The number of hydrogen-bond donors (Lipinski definition) is 0. The smallest absolute Gasteiger partial charge is 0.255 e. The topological polar surface area (TPSA) is 54.9 Å². The fourth-order valence-electron chi connectivity index (χ4n) is 4.89. The molecular formula is C28H30ClN3O3. The van der Waals surface area contributed by atoms with Crippen LogP contribution in [0.1, 0.15) is 28.8 Å². The summed E-state index contributed by atoms with van der Waals surface area (Å²) >= 11 is 6.29. The average Bonchev–Trinajstić information content (AvgIpc) is 3.10. The van der Waals surface area contributed by atoms with Gasteiger partial charge in [0.25, 0.3) is 5.91 Å². The normalized spacial score (nSPS) is 18.3. The molecule has 5 rings (SSSR count). The van der Waals surface area contributed by atoms with E-state index in [-0.39, 0.29) is 5.91 Å². The van der Waals surface area contributed by atoms with Gasteiger partial charge in [0.15, 0.2) is 11.5 Å². The molecule has 0 aliphatic carbocycles. The van der Waals surface area contributed by atoms with Gasteiger partial charge < -0.3 is 19.3 Å². The van der Waals surface area contributed by atoms with Crippen molar-refractivity contribution < 1.29 is 14.3 Å². The monoisotopic (exact) mass is 491 g/mol. The van der Waals surface area contributed by atoms with Crippen LogP contribution in [0.3, 0.4) is 0 Å². The number of piperidine rings is 1. The van der Waals surface area contributed by atoms with Gasteiger partial charge in [0.2, 0.25) is 0 Å². The molecule has 2 aliphatic heterocycles. The Bertz CT molecular complexity index is 1190. The summed E-state index contributed by atoms with van der Waals surface area (Å²) in [5.74, 6) is 1.87. The average molecular weight is 492 g/mol. The zero-order valence-corrected chi connectivity index (χ0v) is 20.7. The first kappa shape index (κ1) is 23.6. The molecule has 3 aromatic rings. The van der Waals surface area contributed by atoms with E-state index in [1.807, 2.05) is 35.2 Å². The van der Waals surface area contributed by atoms with Crippen molar-refractivity contribution in [2.75, 3.05) is 39.9 Å². The largest absolute Gasteiger partial charge is 0.489 e. The van der Waals surface area contributed by atoms with E-state index in [1.165, 1.54) is 6.42 Å². The molecule has 0 spiro atoms. The molecule has 0 radical (unpaired) electrons. The number of ether oxygens (including phenoxy) is 2. The first-order chi connectivity index (χ1) is 17.1. The van der Waals surface area contributed by atoms with E-state index < -0.39 is 0 Å². The Kier molecular flexibility index (Phi) is 7.21. The Morgan fingerprint density at radius 1 is 1.17 bits per heavy atom. The molecule has 7 heteroatoms. The van der Waals surface area contributed by atoms with Crippen molar-refractivity contribution in [1.82, 2.24) is 14.8 Å². The van der Waals surface area contributed by atoms with Crippen LogP contribution in [0.4, 0.5) is 0 Å². The van der Waals surface area contributed by atoms with Crippen molar-refractivity contribution in [3.05, 3.63) is 77.1 Å². The predicted molar refractivity (Wildman–Crippen MR) is 137 cm³/mol. The van der Waals surface area contributed by atoms with Crippen LogP contribution in [0.2, 0.25) is 5.02 Å². The maximum atomic E-state index is 13.2. The number of carbonyl (C=O) groups excluding carboxylic acids is 1. The molecule has 0 bridgehead atoms. The number of rotatable bonds is 5. The lowest BCUT2D eigenvalue weighted by atomic mass is 9.99. The van der Waals surface area contributed by atoms with E-state index in [0.29, 0.717) is 42.8 Å². The van der Waals surface area contributed by atoms with Crippen molar-refractivity contribution in [2.24, 2.45) is 5.92 Å². The van der Waals surface area contributed by atoms with Crippen molar-refractivity contribution in [2.45, 2.75) is 19.4 Å². The number of nitrogens with zero attached hydrogens (tertiary/aromatic N) is 3. The fourth-order valence-corrected chi connectivity index (χ4v) is 5.08. The SMILES string of the molecule is CN1CCC[C@H](COc2cc(-c3cccc(Cl)c3)cc3c2OCCN(C(=O)c2cccnc2)C3)C1. The van der Waals surface area contributed by atoms with Crippen LogP contribution < -0.4 is 9.47 Å². The van der Waals surface area contributed by atoms with Crippen molar-refractivity contribution >= 4 is 17.5 Å². The molecule has 6 nitrogen and oxygen atoms in total. The third-order valence-corrected chi connectivity index (χ3v) is 6.89. The van der Waals surface area contributed by atoms with Crippen molar-refractivity contribution in [1.29, 1.82) is 0 Å². The Balaban J connectivity index is 1.47. The van der Waals surface area contributed by atoms with Crippen LogP contribution in [-0.4, -0.2) is 60.6 Å². The predicted octanol–water partition coefficient (Wildman–Crippen LogP) is 5.16. The lowest BCUT2D eigenvalue weighted by molar-refractivity contribution is 0.0732. The lowest BCUT2D eigenvalue weighted by Crippen LogP contribution is -2.34. The van der Waals surface area contributed by atoms with Gasteiger partial charge in [0, 0.05) is 42.0 Å². The zero-order chi connectivity index (χ0) is 24.2. The van der Waals surface area contributed by atoms with Gasteiger partial charge in [-0.25, -0.2) is 0 Å². The van der Waals surface area contributed by atoms with Gasteiger partial charge >= 0.3 is 0 Å².